The number of rotatable bonds is 5. The van der Waals surface area contributed by atoms with Crippen LogP contribution in [-0.4, -0.2) is 43.7 Å². The molecule has 1 amide bonds. The average molecular weight is 332 g/mol. The van der Waals surface area contributed by atoms with Crippen LogP contribution < -0.4 is 15.2 Å². The summed E-state index contributed by atoms with van der Waals surface area (Å²) in [7, 11) is 1.62. The molecule has 0 radical (unpaired) electrons. The van der Waals surface area contributed by atoms with Gasteiger partial charge in [0.25, 0.3) is 5.91 Å². The minimum atomic E-state index is 0.0330. The van der Waals surface area contributed by atoms with E-state index in [0.29, 0.717) is 24.4 Å². The van der Waals surface area contributed by atoms with Crippen molar-refractivity contribution in [1.29, 1.82) is 0 Å². The summed E-state index contributed by atoms with van der Waals surface area (Å²) in [5, 5.41) is 0. The molecule has 0 aromatic heterocycles. The second-order valence-electron chi connectivity index (χ2n) is 7.38. The van der Waals surface area contributed by atoms with E-state index in [1.807, 2.05) is 17.0 Å². The fraction of sp³-hybridized carbons (Fsp3) is 0.632. The number of nitrogens with zero attached hydrogens (tertiary/aromatic N) is 1. The molecule has 5 nitrogen and oxygen atoms in total. The molecule has 1 heterocycles. The van der Waals surface area contributed by atoms with E-state index in [2.05, 4.69) is 6.92 Å². The quantitative estimate of drug-likeness (QED) is 0.900. The first-order valence-electron chi connectivity index (χ1n) is 8.89. The van der Waals surface area contributed by atoms with Crippen LogP contribution in [-0.2, 0) is 0 Å². The number of methoxy groups -OCH3 is 1. The topological polar surface area (TPSA) is 64.8 Å². The second kappa shape index (κ2) is 7.01. The van der Waals surface area contributed by atoms with Gasteiger partial charge in [0.15, 0.2) is 11.5 Å². The van der Waals surface area contributed by atoms with Gasteiger partial charge in [-0.15, -0.1) is 0 Å². The molecular formula is C19H28N2O3. The van der Waals surface area contributed by atoms with Crippen molar-refractivity contribution in [2.75, 3.05) is 26.7 Å². The standard InChI is InChI=1S/C19H28N2O3/c1-19(12-20)9-10-21(13-19)18(22)14-7-8-16(17(11-14)23-2)24-15-5-3-4-6-15/h7-8,11,15H,3-6,9-10,12-13,20H2,1-2H3. The lowest BCUT2D eigenvalue weighted by Crippen LogP contribution is -2.34. The summed E-state index contributed by atoms with van der Waals surface area (Å²) >= 11 is 0. The van der Waals surface area contributed by atoms with Gasteiger partial charge in [-0.3, -0.25) is 4.79 Å². The number of ether oxygens (including phenoxy) is 2. The first kappa shape index (κ1) is 17.1. The van der Waals surface area contributed by atoms with Crippen molar-refractivity contribution in [1.82, 2.24) is 4.90 Å². The number of nitrogens with two attached hydrogens (primary N) is 1. The van der Waals surface area contributed by atoms with Crippen LogP contribution in [0.5, 0.6) is 11.5 Å². The van der Waals surface area contributed by atoms with E-state index in [9.17, 15) is 4.79 Å². The van der Waals surface area contributed by atoms with Gasteiger partial charge in [0, 0.05) is 18.7 Å². The van der Waals surface area contributed by atoms with Crippen molar-refractivity contribution in [3.63, 3.8) is 0 Å². The van der Waals surface area contributed by atoms with E-state index >= 15 is 0 Å². The minimum absolute atomic E-state index is 0.0330. The minimum Gasteiger partial charge on any atom is -0.493 e. The van der Waals surface area contributed by atoms with Gasteiger partial charge in [0.2, 0.25) is 0 Å². The average Bonchev–Trinajstić information content (AvgIpc) is 3.25. The number of benzene rings is 1. The third kappa shape index (κ3) is 3.51. The van der Waals surface area contributed by atoms with Gasteiger partial charge in [-0.05, 0) is 62.3 Å². The van der Waals surface area contributed by atoms with Crippen LogP contribution in [0, 0.1) is 5.41 Å². The largest absolute Gasteiger partial charge is 0.493 e. The highest BCUT2D eigenvalue weighted by molar-refractivity contribution is 5.95. The summed E-state index contributed by atoms with van der Waals surface area (Å²) < 4.78 is 11.5. The first-order chi connectivity index (χ1) is 11.5. The number of amides is 1. The molecule has 0 bridgehead atoms. The SMILES string of the molecule is COc1cc(C(=O)N2CCC(C)(CN)C2)ccc1OC1CCCC1. The van der Waals surface area contributed by atoms with Crippen molar-refractivity contribution < 1.29 is 14.3 Å². The third-order valence-electron chi connectivity index (χ3n) is 5.34. The monoisotopic (exact) mass is 332 g/mol. The molecule has 132 valence electrons. The van der Waals surface area contributed by atoms with Gasteiger partial charge in [0.1, 0.15) is 0 Å². The van der Waals surface area contributed by atoms with Crippen LogP contribution in [0.2, 0.25) is 0 Å². The highest BCUT2D eigenvalue weighted by Crippen LogP contribution is 2.34. The summed E-state index contributed by atoms with van der Waals surface area (Å²) in [5.74, 6) is 1.40. The highest BCUT2D eigenvalue weighted by Gasteiger charge is 2.35. The zero-order valence-corrected chi connectivity index (χ0v) is 14.7. The third-order valence-corrected chi connectivity index (χ3v) is 5.34. The van der Waals surface area contributed by atoms with Crippen LogP contribution in [0.15, 0.2) is 18.2 Å². The normalized spacial score (nSPS) is 24.4. The fourth-order valence-electron chi connectivity index (χ4n) is 3.63. The van der Waals surface area contributed by atoms with E-state index in [-0.39, 0.29) is 17.4 Å². The van der Waals surface area contributed by atoms with Gasteiger partial charge in [-0.25, -0.2) is 0 Å². The number of carbonyl (C=O) groups is 1. The van der Waals surface area contributed by atoms with Gasteiger partial charge in [-0.1, -0.05) is 6.92 Å². The van der Waals surface area contributed by atoms with Crippen LogP contribution in [0.4, 0.5) is 0 Å². The zero-order chi connectivity index (χ0) is 17.2. The Morgan fingerprint density at radius 1 is 1.33 bits per heavy atom. The Bertz CT molecular complexity index is 598. The molecule has 1 aliphatic carbocycles. The first-order valence-corrected chi connectivity index (χ1v) is 8.89. The molecule has 5 heteroatoms. The molecule has 1 aromatic carbocycles. The number of hydrogen-bond donors (Lipinski definition) is 1. The van der Waals surface area contributed by atoms with Crippen LogP contribution >= 0.6 is 0 Å². The van der Waals surface area contributed by atoms with Crippen molar-refractivity contribution in [2.24, 2.45) is 11.1 Å². The molecule has 1 saturated carbocycles. The Hall–Kier alpha value is -1.75. The van der Waals surface area contributed by atoms with Gasteiger partial charge < -0.3 is 20.1 Å². The molecule has 0 spiro atoms. The van der Waals surface area contributed by atoms with Crippen molar-refractivity contribution in [3.05, 3.63) is 23.8 Å². The molecule has 2 aliphatic rings. The van der Waals surface area contributed by atoms with Gasteiger partial charge in [0.05, 0.1) is 13.2 Å². The number of likely N-dealkylation sites (tertiary alicyclic amines) is 1. The maximum absolute atomic E-state index is 12.8. The highest BCUT2D eigenvalue weighted by atomic mass is 16.5. The van der Waals surface area contributed by atoms with Crippen LogP contribution in [0.25, 0.3) is 0 Å². The van der Waals surface area contributed by atoms with Crippen molar-refractivity contribution >= 4 is 5.91 Å². The maximum Gasteiger partial charge on any atom is 0.254 e. The maximum atomic E-state index is 12.8. The molecule has 2 fully saturated rings. The predicted octanol–water partition coefficient (Wildman–Crippen LogP) is 2.83. The molecule has 2 N–H and O–H groups in total. The fourth-order valence-corrected chi connectivity index (χ4v) is 3.63. The van der Waals surface area contributed by atoms with E-state index in [1.165, 1.54) is 12.8 Å². The molecule has 1 atom stereocenters. The van der Waals surface area contributed by atoms with Crippen molar-refractivity contribution in [2.45, 2.75) is 45.1 Å². The molecule has 1 aliphatic heterocycles. The van der Waals surface area contributed by atoms with Crippen LogP contribution in [0.3, 0.4) is 0 Å². The summed E-state index contributed by atoms with van der Waals surface area (Å²) in [6.45, 7) is 4.22. The van der Waals surface area contributed by atoms with Crippen molar-refractivity contribution in [3.8, 4) is 11.5 Å². The Morgan fingerprint density at radius 3 is 2.71 bits per heavy atom. The predicted molar refractivity (Wildman–Crippen MR) is 93.6 cm³/mol. The molecule has 24 heavy (non-hydrogen) atoms. The Kier molecular flexibility index (Phi) is 4.99. The summed E-state index contributed by atoms with van der Waals surface area (Å²) in [6.07, 6.45) is 5.85. The molecule has 1 saturated heterocycles. The smallest absolute Gasteiger partial charge is 0.254 e. The zero-order valence-electron chi connectivity index (χ0n) is 14.7. The summed E-state index contributed by atoms with van der Waals surface area (Å²) in [6, 6.07) is 5.50. The molecule has 1 unspecified atom stereocenters. The van der Waals surface area contributed by atoms with Crippen LogP contribution in [0.1, 0.15) is 49.4 Å². The van der Waals surface area contributed by atoms with Gasteiger partial charge in [-0.2, -0.15) is 0 Å². The van der Waals surface area contributed by atoms with E-state index < -0.39 is 0 Å². The Labute approximate surface area is 144 Å². The Morgan fingerprint density at radius 2 is 2.08 bits per heavy atom. The lowest BCUT2D eigenvalue weighted by molar-refractivity contribution is 0.0776. The second-order valence-corrected chi connectivity index (χ2v) is 7.38. The number of carbonyl (C=O) groups excluding carboxylic acids is 1. The van der Waals surface area contributed by atoms with Gasteiger partial charge >= 0.3 is 0 Å². The summed E-state index contributed by atoms with van der Waals surface area (Å²) in [5.41, 5.74) is 6.52. The Balaban J connectivity index is 1.73. The van der Waals surface area contributed by atoms with E-state index in [0.717, 1.165) is 31.6 Å². The molecule has 1 aromatic rings. The molecular weight excluding hydrogens is 304 g/mol. The number of hydrogen-bond acceptors (Lipinski definition) is 4. The molecule has 3 rings (SSSR count). The summed E-state index contributed by atoms with van der Waals surface area (Å²) in [4.78, 5) is 14.7. The van der Waals surface area contributed by atoms with E-state index in [1.54, 1.807) is 13.2 Å². The lowest BCUT2D eigenvalue weighted by Gasteiger charge is -2.23. The lowest BCUT2D eigenvalue weighted by atomic mass is 9.90. The van der Waals surface area contributed by atoms with E-state index in [4.69, 9.17) is 15.2 Å².